The SMILES string of the molecule is CC(C)CC(NC(=O)CCCCN=C(N)N)C(=O)NC(CNC(=O)C=CS(=O)(=O)Cc1ccccc1)C(C)C. The van der Waals surface area contributed by atoms with Gasteiger partial charge in [-0.25, -0.2) is 8.42 Å². The second-order valence-corrected chi connectivity index (χ2v) is 12.1. The van der Waals surface area contributed by atoms with Gasteiger partial charge >= 0.3 is 0 Å². The van der Waals surface area contributed by atoms with Gasteiger partial charge in [-0.3, -0.25) is 19.4 Å². The van der Waals surface area contributed by atoms with Crippen molar-refractivity contribution in [2.24, 2.45) is 28.3 Å². The second-order valence-electron chi connectivity index (χ2n) is 10.2. The molecule has 1 aromatic rings. The molecule has 0 aliphatic heterocycles. The predicted octanol–water partition coefficient (Wildman–Crippen LogP) is 1.35. The van der Waals surface area contributed by atoms with Gasteiger partial charge in [0.2, 0.25) is 17.7 Å². The summed E-state index contributed by atoms with van der Waals surface area (Å²) in [7, 11) is -3.62. The minimum Gasteiger partial charge on any atom is -0.370 e. The third-order valence-electron chi connectivity index (χ3n) is 5.73. The van der Waals surface area contributed by atoms with Crippen LogP contribution in [0.5, 0.6) is 0 Å². The zero-order chi connectivity index (χ0) is 29.4. The van der Waals surface area contributed by atoms with Gasteiger partial charge in [-0.2, -0.15) is 0 Å². The van der Waals surface area contributed by atoms with Crippen LogP contribution in [0.4, 0.5) is 0 Å². The first kappa shape index (κ1) is 33.6. The number of guanidine groups is 1. The number of amides is 3. The van der Waals surface area contributed by atoms with Gasteiger partial charge in [0.05, 0.1) is 5.75 Å². The fraction of sp³-hybridized carbons (Fsp3) is 0.556. The molecule has 11 nitrogen and oxygen atoms in total. The van der Waals surface area contributed by atoms with Crippen molar-refractivity contribution in [1.29, 1.82) is 0 Å². The molecule has 2 unspecified atom stereocenters. The highest BCUT2D eigenvalue weighted by atomic mass is 32.2. The molecule has 39 heavy (non-hydrogen) atoms. The van der Waals surface area contributed by atoms with E-state index < -0.39 is 27.8 Å². The van der Waals surface area contributed by atoms with E-state index in [1.807, 2.05) is 27.7 Å². The zero-order valence-electron chi connectivity index (χ0n) is 23.4. The fourth-order valence-electron chi connectivity index (χ4n) is 3.60. The predicted molar refractivity (Wildman–Crippen MR) is 154 cm³/mol. The normalized spacial score (nSPS) is 13.2. The number of carbonyl (C=O) groups is 3. The molecule has 0 aliphatic carbocycles. The van der Waals surface area contributed by atoms with E-state index in [1.165, 1.54) is 0 Å². The first-order valence-electron chi connectivity index (χ1n) is 13.2. The van der Waals surface area contributed by atoms with E-state index >= 15 is 0 Å². The molecule has 0 aromatic heterocycles. The molecule has 0 saturated heterocycles. The number of benzene rings is 1. The van der Waals surface area contributed by atoms with Gasteiger partial charge in [-0.15, -0.1) is 0 Å². The maximum Gasteiger partial charge on any atom is 0.244 e. The Bertz CT molecular complexity index is 1080. The van der Waals surface area contributed by atoms with Crippen LogP contribution in [-0.4, -0.2) is 57.3 Å². The number of sulfone groups is 1. The van der Waals surface area contributed by atoms with Gasteiger partial charge in [0.15, 0.2) is 15.8 Å². The quantitative estimate of drug-likeness (QED) is 0.0817. The summed E-state index contributed by atoms with van der Waals surface area (Å²) >= 11 is 0. The minimum absolute atomic E-state index is 0.00753. The number of nitrogens with one attached hydrogen (secondary N) is 3. The first-order chi connectivity index (χ1) is 18.3. The Morgan fingerprint density at radius 1 is 1.00 bits per heavy atom. The number of unbranched alkanes of at least 4 members (excludes halogenated alkanes) is 1. The van der Waals surface area contributed by atoms with Gasteiger partial charge in [0.1, 0.15) is 6.04 Å². The molecule has 2 atom stereocenters. The summed E-state index contributed by atoms with van der Waals surface area (Å²) < 4.78 is 24.6. The van der Waals surface area contributed by atoms with Crippen LogP contribution < -0.4 is 27.4 Å². The highest BCUT2D eigenvalue weighted by Gasteiger charge is 2.25. The Morgan fingerprint density at radius 3 is 2.26 bits per heavy atom. The molecule has 0 radical (unpaired) electrons. The monoisotopic (exact) mass is 564 g/mol. The summed E-state index contributed by atoms with van der Waals surface area (Å²) in [5.74, 6) is -1.24. The Hall–Kier alpha value is -3.41. The molecule has 1 aromatic carbocycles. The van der Waals surface area contributed by atoms with E-state index in [9.17, 15) is 22.8 Å². The van der Waals surface area contributed by atoms with Crippen molar-refractivity contribution in [1.82, 2.24) is 16.0 Å². The number of rotatable bonds is 17. The highest BCUT2D eigenvalue weighted by Crippen LogP contribution is 2.09. The van der Waals surface area contributed by atoms with Crippen LogP contribution in [0.2, 0.25) is 0 Å². The zero-order valence-corrected chi connectivity index (χ0v) is 24.2. The van der Waals surface area contributed by atoms with E-state index in [4.69, 9.17) is 11.5 Å². The molecular weight excluding hydrogens is 520 g/mol. The van der Waals surface area contributed by atoms with Gasteiger partial charge in [-0.1, -0.05) is 58.0 Å². The van der Waals surface area contributed by atoms with Crippen molar-refractivity contribution in [3.8, 4) is 0 Å². The van der Waals surface area contributed by atoms with Crippen LogP contribution in [-0.2, 0) is 30.0 Å². The van der Waals surface area contributed by atoms with E-state index in [-0.39, 0.29) is 48.3 Å². The van der Waals surface area contributed by atoms with Crippen molar-refractivity contribution in [2.75, 3.05) is 13.1 Å². The molecular formula is C27H44N6O5S. The van der Waals surface area contributed by atoms with Crippen LogP contribution in [0.3, 0.4) is 0 Å². The number of aliphatic imine (C=N–C) groups is 1. The number of carbonyl (C=O) groups excluding carboxylic acids is 3. The maximum atomic E-state index is 13.1. The molecule has 0 heterocycles. The van der Waals surface area contributed by atoms with Crippen molar-refractivity contribution in [3.63, 3.8) is 0 Å². The summed E-state index contributed by atoms with van der Waals surface area (Å²) in [6.45, 7) is 8.23. The molecule has 218 valence electrons. The Kier molecular flexibility index (Phi) is 14.9. The Labute approximate surface area is 232 Å². The summed E-state index contributed by atoms with van der Waals surface area (Å²) in [4.78, 5) is 41.7. The molecule has 0 aliphatic rings. The smallest absolute Gasteiger partial charge is 0.244 e. The average molecular weight is 565 g/mol. The fourth-order valence-corrected chi connectivity index (χ4v) is 4.69. The molecule has 0 spiro atoms. The highest BCUT2D eigenvalue weighted by molar-refractivity contribution is 7.93. The van der Waals surface area contributed by atoms with Crippen molar-refractivity contribution in [3.05, 3.63) is 47.4 Å². The summed E-state index contributed by atoms with van der Waals surface area (Å²) in [6.07, 6.45) is 2.89. The Morgan fingerprint density at radius 2 is 1.67 bits per heavy atom. The van der Waals surface area contributed by atoms with Crippen molar-refractivity contribution >= 4 is 33.5 Å². The minimum atomic E-state index is -3.62. The molecule has 3 amide bonds. The van der Waals surface area contributed by atoms with Crippen LogP contribution in [0.25, 0.3) is 0 Å². The van der Waals surface area contributed by atoms with Crippen molar-refractivity contribution in [2.45, 2.75) is 71.2 Å². The Balaban J connectivity index is 2.67. The van der Waals surface area contributed by atoms with Gasteiger partial charge in [0.25, 0.3) is 0 Å². The van der Waals surface area contributed by atoms with E-state index in [2.05, 4.69) is 20.9 Å². The average Bonchev–Trinajstić information content (AvgIpc) is 2.84. The molecule has 12 heteroatoms. The molecule has 7 N–H and O–H groups in total. The van der Waals surface area contributed by atoms with Gasteiger partial charge < -0.3 is 27.4 Å². The summed E-state index contributed by atoms with van der Waals surface area (Å²) in [5.41, 5.74) is 11.2. The topological polar surface area (TPSA) is 186 Å². The lowest BCUT2D eigenvalue weighted by molar-refractivity contribution is -0.130. The van der Waals surface area contributed by atoms with Crippen LogP contribution in [0.15, 0.2) is 46.8 Å². The van der Waals surface area contributed by atoms with Crippen LogP contribution >= 0.6 is 0 Å². The number of hydrogen-bond donors (Lipinski definition) is 5. The van der Waals surface area contributed by atoms with Crippen LogP contribution in [0, 0.1) is 11.8 Å². The van der Waals surface area contributed by atoms with E-state index in [0.717, 1.165) is 11.5 Å². The summed E-state index contributed by atoms with van der Waals surface area (Å²) in [6, 6.07) is 7.53. The third-order valence-corrected chi connectivity index (χ3v) is 7.02. The molecule has 1 rings (SSSR count). The lowest BCUT2D eigenvalue weighted by Crippen LogP contribution is -2.54. The third kappa shape index (κ3) is 15.6. The first-order valence-corrected chi connectivity index (χ1v) is 14.9. The number of nitrogens with two attached hydrogens (primary N) is 2. The molecule has 0 bridgehead atoms. The lowest BCUT2D eigenvalue weighted by atomic mass is 10.00. The second kappa shape index (κ2) is 17.2. The largest absolute Gasteiger partial charge is 0.370 e. The van der Waals surface area contributed by atoms with E-state index in [1.54, 1.807) is 30.3 Å². The standard InChI is InChI=1S/C27H44N6O5S/c1-19(2)16-22(32-25(35)12-8-9-14-30-27(28)29)26(36)33-23(20(3)4)17-31-24(34)13-15-39(37,38)18-21-10-6-5-7-11-21/h5-7,10-11,13,15,19-20,22-23H,8-9,12,14,16-18H2,1-4H3,(H,31,34)(H,32,35)(H,33,36)(H4,28,29,30). The molecule has 0 fully saturated rings. The van der Waals surface area contributed by atoms with Crippen LogP contribution in [0.1, 0.15) is 58.9 Å². The molecule has 0 saturated carbocycles. The van der Waals surface area contributed by atoms with E-state index in [0.29, 0.717) is 31.4 Å². The van der Waals surface area contributed by atoms with Gasteiger partial charge in [0, 0.05) is 37.0 Å². The number of hydrogen-bond acceptors (Lipinski definition) is 6. The van der Waals surface area contributed by atoms with Gasteiger partial charge in [-0.05, 0) is 36.7 Å². The van der Waals surface area contributed by atoms with Crippen molar-refractivity contribution < 1.29 is 22.8 Å². The number of nitrogens with zero attached hydrogens (tertiary/aromatic N) is 1. The lowest BCUT2D eigenvalue weighted by Gasteiger charge is -2.27. The maximum absolute atomic E-state index is 13.1. The summed E-state index contributed by atoms with van der Waals surface area (Å²) in [5, 5.41) is 9.28.